The van der Waals surface area contributed by atoms with Crippen molar-refractivity contribution in [3.8, 4) is 0 Å². The van der Waals surface area contributed by atoms with Crippen molar-refractivity contribution in [2.24, 2.45) is 5.41 Å². The number of carbonyl (C=O) groups is 3. The van der Waals surface area contributed by atoms with Gasteiger partial charge < -0.3 is 10.4 Å². The Morgan fingerprint density at radius 2 is 2.06 bits per heavy atom. The molecular formula is C11H18N2O4. The Balaban J connectivity index is 2.93. The molecule has 1 fully saturated rings. The molecule has 0 spiro atoms. The molecule has 1 aliphatic heterocycles. The van der Waals surface area contributed by atoms with Gasteiger partial charge in [0.1, 0.15) is 5.54 Å². The molecule has 0 saturated carbocycles. The van der Waals surface area contributed by atoms with Crippen LogP contribution in [0.25, 0.3) is 0 Å². The second-order valence-electron chi connectivity index (χ2n) is 5.23. The van der Waals surface area contributed by atoms with Crippen molar-refractivity contribution in [2.75, 3.05) is 13.6 Å². The Morgan fingerprint density at radius 1 is 1.53 bits per heavy atom. The molecule has 1 unspecified atom stereocenters. The van der Waals surface area contributed by atoms with Crippen LogP contribution in [0, 0.1) is 5.41 Å². The lowest BCUT2D eigenvalue weighted by Gasteiger charge is -2.29. The second-order valence-corrected chi connectivity index (χ2v) is 5.23. The maximum Gasteiger partial charge on any atom is 0.325 e. The smallest absolute Gasteiger partial charge is 0.325 e. The number of nitrogens with one attached hydrogen (secondary N) is 1. The van der Waals surface area contributed by atoms with Crippen molar-refractivity contribution in [1.82, 2.24) is 10.2 Å². The van der Waals surface area contributed by atoms with Crippen LogP contribution in [0.15, 0.2) is 0 Å². The molecule has 1 atom stereocenters. The summed E-state index contributed by atoms with van der Waals surface area (Å²) in [7, 11) is 1.49. The first-order valence-corrected chi connectivity index (χ1v) is 5.41. The van der Waals surface area contributed by atoms with E-state index in [9.17, 15) is 14.4 Å². The number of carboxylic acids is 1. The molecular weight excluding hydrogens is 224 g/mol. The fourth-order valence-electron chi connectivity index (χ4n) is 1.76. The van der Waals surface area contributed by atoms with E-state index in [-0.39, 0.29) is 24.8 Å². The first kappa shape index (κ1) is 13.6. The molecule has 0 aliphatic carbocycles. The number of hydrogen-bond donors (Lipinski definition) is 2. The van der Waals surface area contributed by atoms with E-state index >= 15 is 0 Å². The summed E-state index contributed by atoms with van der Waals surface area (Å²) in [5.74, 6) is -1.72. The van der Waals surface area contributed by atoms with Crippen LogP contribution < -0.4 is 5.32 Å². The van der Waals surface area contributed by atoms with Crippen molar-refractivity contribution in [3.63, 3.8) is 0 Å². The molecule has 96 valence electrons. The molecule has 2 amide bonds. The van der Waals surface area contributed by atoms with Crippen molar-refractivity contribution in [3.05, 3.63) is 0 Å². The van der Waals surface area contributed by atoms with Crippen LogP contribution in [0.2, 0.25) is 0 Å². The fourth-order valence-corrected chi connectivity index (χ4v) is 1.76. The predicted molar refractivity (Wildman–Crippen MR) is 60.2 cm³/mol. The minimum Gasteiger partial charge on any atom is -0.480 e. The van der Waals surface area contributed by atoms with E-state index in [2.05, 4.69) is 5.32 Å². The van der Waals surface area contributed by atoms with Gasteiger partial charge in [-0.3, -0.25) is 19.3 Å². The van der Waals surface area contributed by atoms with E-state index in [1.165, 1.54) is 14.0 Å². The molecule has 1 rings (SSSR count). The van der Waals surface area contributed by atoms with Crippen LogP contribution in [0.4, 0.5) is 0 Å². The molecule has 1 saturated heterocycles. The van der Waals surface area contributed by atoms with Gasteiger partial charge in [-0.25, -0.2) is 0 Å². The van der Waals surface area contributed by atoms with Crippen molar-refractivity contribution < 1.29 is 19.5 Å². The van der Waals surface area contributed by atoms with Crippen LogP contribution in [-0.2, 0) is 14.4 Å². The van der Waals surface area contributed by atoms with Gasteiger partial charge in [-0.2, -0.15) is 0 Å². The monoisotopic (exact) mass is 242 g/mol. The number of imide groups is 1. The lowest BCUT2D eigenvalue weighted by atomic mass is 9.92. The Kier molecular flexibility index (Phi) is 3.29. The van der Waals surface area contributed by atoms with Gasteiger partial charge in [0.25, 0.3) is 0 Å². The molecule has 0 radical (unpaired) electrons. The third kappa shape index (κ3) is 2.31. The summed E-state index contributed by atoms with van der Waals surface area (Å²) in [5.41, 5.74) is -2.05. The van der Waals surface area contributed by atoms with Crippen LogP contribution >= 0.6 is 0 Å². The zero-order valence-electron chi connectivity index (χ0n) is 10.5. The van der Waals surface area contributed by atoms with E-state index < -0.39 is 16.9 Å². The van der Waals surface area contributed by atoms with Gasteiger partial charge in [-0.1, -0.05) is 13.8 Å². The summed E-state index contributed by atoms with van der Waals surface area (Å²) in [6.45, 7) is 4.66. The lowest BCUT2D eigenvalue weighted by molar-refractivity contribution is -0.148. The minimum absolute atomic E-state index is 0.130. The number of carboxylic acid groups (broad SMARTS) is 1. The maximum atomic E-state index is 11.9. The number of carbonyl (C=O) groups excluding carboxylic acids is 2. The minimum atomic E-state index is -1.31. The van der Waals surface area contributed by atoms with Gasteiger partial charge in [0.2, 0.25) is 11.8 Å². The van der Waals surface area contributed by atoms with Gasteiger partial charge in [-0.05, 0) is 14.0 Å². The van der Waals surface area contributed by atoms with E-state index in [1.54, 1.807) is 13.8 Å². The number of rotatable bonds is 4. The zero-order chi connectivity index (χ0) is 13.4. The van der Waals surface area contributed by atoms with E-state index in [4.69, 9.17) is 5.11 Å². The van der Waals surface area contributed by atoms with Gasteiger partial charge >= 0.3 is 5.97 Å². The third-order valence-corrected chi connectivity index (χ3v) is 3.22. The highest BCUT2D eigenvalue weighted by atomic mass is 16.4. The van der Waals surface area contributed by atoms with Crippen LogP contribution in [-0.4, -0.2) is 46.9 Å². The summed E-state index contributed by atoms with van der Waals surface area (Å²) in [4.78, 5) is 35.8. The molecule has 0 aromatic heterocycles. The highest BCUT2D eigenvalue weighted by molar-refractivity contribution is 6.05. The highest BCUT2D eigenvalue weighted by Crippen LogP contribution is 2.32. The molecule has 1 aliphatic rings. The number of likely N-dealkylation sites (tertiary alicyclic amines) is 1. The number of likely N-dealkylation sites (N-methyl/N-ethyl adjacent to an activating group) is 1. The van der Waals surface area contributed by atoms with E-state index in [1.807, 2.05) is 0 Å². The predicted octanol–water partition coefficient (Wildman–Crippen LogP) is -0.166. The number of aliphatic carboxylic acids is 1. The number of hydrogen-bond acceptors (Lipinski definition) is 4. The van der Waals surface area contributed by atoms with Gasteiger partial charge in [0, 0.05) is 6.42 Å². The van der Waals surface area contributed by atoms with Crippen LogP contribution in [0.3, 0.4) is 0 Å². The molecule has 1 heterocycles. The van der Waals surface area contributed by atoms with Gasteiger partial charge in [0.15, 0.2) is 0 Å². The SMILES string of the molecule is CNC(C)(CN1C(=O)CC(C)(C)C1=O)C(=O)O. The molecule has 2 N–H and O–H groups in total. The average Bonchev–Trinajstić information content (AvgIpc) is 2.40. The average molecular weight is 242 g/mol. The summed E-state index contributed by atoms with van der Waals surface area (Å²) in [6, 6.07) is 0. The molecule has 6 nitrogen and oxygen atoms in total. The summed E-state index contributed by atoms with van der Waals surface area (Å²) in [6.07, 6.45) is 0.130. The molecule has 6 heteroatoms. The lowest BCUT2D eigenvalue weighted by Crippen LogP contribution is -2.57. The number of nitrogens with zero attached hydrogens (tertiary/aromatic N) is 1. The van der Waals surface area contributed by atoms with Crippen molar-refractivity contribution >= 4 is 17.8 Å². The Labute approximate surface area is 100.0 Å². The normalized spacial score (nSPS) is 22.7. The van der Waals surface area contributed by atoms with Gasteiger partial charge in [0.05, 0.1) is 12.0 Å². The van der Waals surface area contributed by atoms with Crippen LogP contribution in [0.1, 0.15) is 27.2 Å². The summed E-state index contributed by atoms with van der Waals surface area (Å²) in [5, 5.41) is 11.7. The molecule has 0 aromatic carbocycles. The van der Waals surface area contributed by atoms with Crippen molar-refractivity contribution in [2.45, 2.75) is 32.7 Å². The quantitative estimate of drug-likeness (QED) is 0.669. The molecule has 17 heavy (non-hydrogen) atoms. The molecule has 0 aromatic rings. The largest absolute Gasteiger partial charge is 0.480 e. The summed E-state index contributed by atoms with van der Waals surface area (Å²) < 4.78 is 0. The molecule has 0 bridgehead atoms. The number of amides is 2. The maximum absolute atomic E-state index is 11.9. The zero-order valence-corrected chi connectivity index (χ0v) is 10.5. The Hall–Kier alpha value is -1.43. The Morgan fingerprint density at radius 3 is 2.35 bits per heavy atom. The fraction of sp³-hybridized carbons (Fsp3) is 0.727. The standard InChI is InChI=1S/C11H18N2O4/c1-10(2)5-7(14)13(8(10)15)6-11(3,12-4)9(16)17/h12H,5-6H2,1-4H3,(H,16,17). The second kappa shape index (κ2) is 4.10. The van der Waals surface area contributed by atoms with E-state index in [0.717, 1.165) is 4.90 Å². The summed E-state index contributed by atoms with van der Waals surface area (Å²) >= 11 is 0. The highest BCUT2D eigenvalue weighted by Gasteiger charge is 2.48. The van der Waals surface area contributed by atoms with E-state index in [0.29, 0.717) is 0 Å². The third-order valence-electron chi connectivity index (χ3n) is 3.22. The topological polar surface area (TPSA) is 86.7 Å². The van der Waals surface area contributed by atoms with Gasteiger partial charge in [-0.15, -0.1) is 0 Å². The van der Waals surface area contributed by atoms with Crippen molar-refractivity contribution in [1.29, 1.82) is 0 Å². The van der Waals surface area contributed by atoms with Crippen LogP contribution in [0.5, 0.6) is 0 Å². The first-order valence-electron chi connectivity index (χ1n) is 5.41. The Bertz CT molecular complexity index is 378. The first-order chi connectivity index (χ1) is 7.64.